The molecule has 0 radical (unpaired) electrons. The lowest BCUT2D eigenvalue weighted by Gasteiger charge is -2.26. The number of carboxylic acids is 1. The van der Waals surface area contributed by atoms with Gasteiger partial charge >= 0.3 is 5.97 Å². The zero-order chi connectivity index (χ0) is 20.8. The number of nitrogens with zero attached hydrogens (tertiary/aromatic N) is 2. The average Bonchev–Trinajstić information content (AvgIpc) is 3.15. The minimum absolute atomic E-state index is 0.0412. The Hall–Kier alpha value is -2.33. The van der Waals surface area contributed by atoms with Crippen LogP contribution in [0.3, 0.4) is 0 Å². The number of thiazole rings is 1. The summed E-state index contributed by atoms with van der Waals surface area (Å²) in [5.41, 5.74) is 2.75. The molecule has 156 valence electrons. The van der Waals surface area contributed by atoms with Gasteiger partial charge in [0.1, 0.15) is 5.01 Å². The normalized spacial score (nSPS) is 16.9. The van der Waals surface area contributed by atoms with E-state index in [1.807, 2.05) is 12.1 Å². The SMILES string of the molecule is CC(O)C(NC(=O)Cc1csc(-c2cccc(CN3CCOCC3)c2)n1)C(=O)O. The van der Waals surface area contributed by atoms with Gasteiger partial charge in [-0.15, -0.1) is 11.3 Å². The molecule has 1 fully saturated rings. The van der Waals surface area contributed by atoms with Crippen molar-refractivity contribution >= 4 is 23.2 Å². The van der Waals surface area contributed by atoms with Gasteiger partial charge in [-0.25, -0.2) is 9.78 Å². The predicted octanol–water partition coefficient (Wildman–Crippen LogP) is 1.13. The molecule has 2 unspecified atom stereocenters. The first kappa shape index (κ1) is 21.4. The van der Waals surface area contributed by atoms with Crippen molar-refractivity contribution in [2.75, 3.05) is 26.3 Å². The van der Waals surface area contributed by atoms with Crippen LogP contribution in [-0.4, -0.2) is 70.4 Å². The van der Waals surface area contributed by atoms with Gasteiger partial charge in [-0.1, -0.05) is 18.2 Å². The van der Waals surface area contributed by atoms with Gasteiger partial charge in [0.25, 0.3) is 0 Å². The molecule has 0 aliphatic carbocycles. The van der Waals surface area contributed by atoms with Crippen molar-refractivity contribution in [3.05, 3.63) is 40.9 Å². The topological polar surface area (TPSA) is 112 Å². The fourth-order valence-electron chi connectivity index (χ4n) is 3.12. The number of aromatic nitrogens is 1. The van der Waals surface area contributed by atoms with Crippen LogP contribution in [0.1, 0.15) is 18.2 Å². The number of amides is 1. The van der Waals surface area contributed by atoms with Gasteiger partial charge in [0.05, 0.1) is 31.4 Å². The Balaban J connectivity index is 1.62. The lowest BCUT2D eigenvalue weighted by atomic mass is 10.1. The minimum atomic E-state index is -1.34. The summed E-state index contributed by atoms with van der Waals surface area (Å²) in [6, 6.07) is 6.84. The summed E-state index contributed by atoms with van der Waals surface area (Å²) in [5.74, 6) is -1.76. The third-order valence-electron chi connectivity index (χ3n) is 4.64. The number of aliphatic carboxylic acids is 1. The Morgan fingerprint density at radius 1 is 1.34 bits per heavy atom. The van der Waals surface area contributed by atoms with Gasteiger partial charge in [-0.3, -0.25) is 9.69 Å². The summed E-state index contributed by atoms with van der Waals surface area (Å²) in [6.07, 6.45) is -1.22. The first-order chi connectivity index (χ1) is 13.9. The lowest BCUT2D eigenvalue weighted by Crippen LogP contribution is -2.48. The molecule has 9 heteroatoms. The number of nitrogens with one attached hydrogen (secondary N) is 1. The molecule has 0 spiro atoms. The fourth-order valence-corrected chi connectivity index (χ4v) is 3.94. The smallest absolute Gasteiger partial charge is 0.328 e. The van der Waals surface area contributed by atoms with E-state index in [1.165, 1.54) is 23.8 Å². The second-order valence-corrected chi connectivity index (χ2v) is 7.89. The monoisotopic (exact) mass is 419 g/mol. The highest BCUT2D eigenvalue weighted by Crippen LogP contribution is 2.25. The first-order valence-corrected chi connectivity index (χ1v) is 10.3. The highest BCUT2D eigenvalue weighted by atomic mass is 32.1. The Morgan fingerprint density at radius 2 is 2.10 bits per heavy atom. The zero-order valence-electron chi connectivity index (χ0n) is 16.2. The van der Waals surface area contributed by atoms with Gasteiger partial charge in [0.2, 0.25) is 5.91 Å². The van der Waals surface area contributed by atoms with Crippen molar-refractivity contribution in [2.24, 2.45) is 0 Å². The van der Waals surface area contributed by atoms with Gasteiger partial charge in [0, 0.05) is 30.6 Å². The number of hydrogen-bond donors (Lipinski definition) is 3. The van der Waals surface area contributed by atoms with Crippen LogP contribution < -0.4 is 5.32 Å². The first-order valence-electron chi connectivity index (χ1n) is 9.46. The van der Waals surface area contributed by atoms with Crippen LogP contribution in [-0.2, 0) is 27.3 Å². The number of benzene rings is 1. The molecule has 1 saturated heterocycles. The standard InChI is InChI=1S/C20H25N3O5S/c1-13(24)18(20(26)27)22-17(25)10-16-12-29-19(21-16)15-4-2-3-14(9-15)11-23-5-7-28-8-6-23/h2-4,9,12-13,18,24H,5-8,10-11H2,1H3,(H,22,25)(H,26,27). The Bertz CT molecular complexity index is 848. The Labute approximate surface area is 173 Å². The van der Waals surface area contributed by atoms with E-state index in [4.69, 9.17) is 9.84 Å². The molecule has 29 heavy (non-hydrogen) atoms. The van der Waals surface area contributed by atoms with Crippen molar-refractivity contribution < 1.29 is 24.5 Å². The molecule has 1 aliphatic rings. The molecule has 0 bridgehead atoms. The minimum Gasteiger partial charge on any atom is -0.480 e. The van der Waals surface area contributed by atoms with Crippen LogP contribution in [0.2, 0.25) is 0 Å². The maximum atomic E-state index is 12.1. The van der Waals surface area contributed by atoms with Crippen molar-refractivity contribution in [3.8, 4) is 10.6 Å². The van der Waals surface area contributed by atoms with E-state index in [0.29, 0.717) is 5.69 Å². The molecule has 3 N–H and O–H groups in total. The van der Waals surface area contributed by atoms with Crippen molar-refractivity contribution in [2.45, 2.75) is 32.0 Å². The number of ether oxygens (including phenoxy) is 1. The third kappa shape index (κ3) is 6.07. The summed E-state index contributed by atoms with van der Waals surface area (Å²) in [4.78, 5) is 30.1. The van der Waals surface area contributed by atoms with E-state index in [9.17, 15) is 14.7 Å². The number of aliphatic hydroxyl groups is 1. The largest absolute Gasteiger partial charge is 0.480 e. The molecule has 8 nitrogen and oxygen atoms in total. The number of rotatable bonds is 8. The molecule has 3 rings (SSSR count). The number of carbonyl (C=O) groups excluding carboxylic acids is 1. The Kier molecular flexibility index (Phi) is 7.32. The predicted molar refractivity (Wildman–Crippen MR) is 109 cm³/mol. The summed E-state index contributed by atoms with van der Waals surface area (Å²) >= 11 is 1.44. The van der Waals surface area contributed by atoms with Crippen LogP contribution in [0.25, 0.3) is 10.6 Å². The highest BCUT2D eigenvalue weighted by molar-refractivity contribution is 7.13. The molecule has 2 aromatic rings. The maximum Gasteiger partial charge on any atom is 0.328 e. The zero-order valence-corrected chi connectivity index (χ0v) is 17.0. The van der Waals surface area contributed by atoms with Gasteiger partial charge in [-0.05, 0) is 18.6 Å². The molecule has 1 aromatic heterocycles. The van der Waals surface area contributed by atoms with E-state index >= 15 is 0 Å². The second-order valence-electron chi connectivity index (χ2n) is 7.03. The quantitative estimate of drug-likeness (QED) is 0.588. The molecule has 1 aliphatic heterocycles. The van der Waals surface area contributed by atoms with E-state index in [0.717, 1.165) is 43.4 Å². The van der Waals surface area contributed by atoms with Crippen LogP contribution >= 0.6 is 11.3 Å². The lowest BCUT2D eigenvalue weighted by molar-refractivity contribution is -0.144. The maximum absolute atomic E-state index is 12.1. The molecule has 1 amide bonds. The number of aliphatic hydroxyl groups excluding tert-OH is 1. The molecular formula is C20H25N3O5S. The van der Waals surface area contributed by atoms with E-state index in [1.54, 1.807) is 5.38 Å². The summed E-state index contributed by atoms with van der Waals surface area (Å²) in [7, 11) is 0. The van der Waals surface area contributed by atoms with Crippen molar-refractivity contribution in [3.63, 3.8) is 0 Å². The number of morpholine rings is 1. The van der Waals surface area contributed by atoms with Crippen LogP contribution in [0, 0.1) is 0 Å². The summed E-state index contributed by atoms with van der Waals surface area (Å²) in [5, 5.41) is 23.5. The third-order valence-corrected chi connectivity index (χ3v) is 5.58. The van der Waals surface area contributed by atoms with E-state index < -0.39 is 24.0 Å². The number of hydrogen-bond acceptors (Lipinski definition) is 7. The molecule has 1 aromatic carbocycles. The van der Waals surface area contributed by atoms with E-state index in [-0.39, 0.29) is 6.42 Å². The molecular weight excluding hydrogens is 394 g/mol. The second kappa shape index (κ2) is 9.93. The molecule has 2 atom stereocenters. The van der Waals surface area contributed by atoms with Crippen molar-refractivity contribution in [1.82, 2.24) is 15.2 Å². The van der Waals surface area contributed by atoms with Gasteiger partial charge in [-0.2, -0.15) is 0 Å². The fraction of sp³-hybridized carbons (Fsp3) is 0.450. The Morgan fingerprint density at radius 3 is 2.79 bits per heavy atom. The van der Waals surface area contributed by atoms with Gasteiger partial charge in [0.15, 0.2) is 6.04 Å². The molecule has 2 heterocycles. The van der Waals surface area contributed by atoms with Gasteiger partial charge < -0.3 is 20.3 Å². The van der Waals surface area contributed by atoms with Crippen LogP contribution in [0.15, 0.2) is 29.6 Å². The number of carboxylic acid groups (broad SMARTS) is 1. The van der Waals surface area contributed by atoms with Crippen LogP contribution in [0.5, 0.6) is 0 Å². The van der Waals surface area contributed by atoms with E-state index in [2.05, 4.69) is 27.3 Å². The highest BCUT2D eigenvalue weighted by Gasteiger charge is 2.25. The number of carbonyl (C=O) groups is 2. The average molecular weight is 420 g/mol. The summed E-state index contributed by atoms with van der Waals surface area (Å²) in [6.45, 7) is 5.54. The van der Waals surface area contributed by atoms with Crippen LogP contribution in [0.4, 0.5) is 0 Å². The molecule has 0 saturated carbocycles. The summed E-state index contributed by atoms with van der Waals surface area (Å²) < 4.78 is 5.39. The van der Waals surface area contributed by atoms with Crippen molar-refractivity contribution in [1.29, 1.82) is 0 Å².